The zero-order chi connectivity index (χ0) is 23.7. The quantitative estimate of drug-likeness (QED) is 0.614. The molecule has 7 nitrogen and oxygen atoms in total. The van der Waals surface area contributed by atoms with Crippen molar-refractivity contribution in [3.8, 4) is 0 Å². The molecule has 2 aromatic carbocycles. The number of anilines is 1. The van der Waals surface area contributed by atoms with Crippen molar-refractivity contribution in [1.82, 2.24) is 4.31 Å². The van der Waals surface area contributed by atoms with Crippen LogP contribution in [-0.2, 0) is 31.0 Å². The molecule has 180 valence electrons. The first-order valence-electron chi connectivity index (χ1n) is 11.4. The molecule has 0 amide bonds. The van der Waals surface area contributed by atoms with E-state index in [1.165, 1.54) is 22.0 Å². The first-order chi connectivity index (χ1) is 15.6. The van der Waals surface area contributed by atoms with Gasteiger partial charge in [0.1, 0.15) is 11.6 Å². The highest BCUT2D eigenvalue weighted by Crippen LogP contribution is 2.37. The molecular formula is C24H32N2O5S2. The topological polar surface area (TPSA) is 84.0 Å². The third kappa shape index (κ3) is 5.11. The Labute approximate surface area is 197 Å². The molecule has 0 atom stereocenters. The summed E-state index contributed by atoms with van der Waals surface area (Å²) in [6.45, 7) is 4.14. The molecule has 2 fully saturated rings. The molecule has 2 aliphatic heterocycles. The van der Waals surface area contributed by atoms with Crippen LogP contribution in [-0.4, -0.2) is 59.4 Å². The standard InChI is InChI=1S/C24H32N2O5S2/c1-3-6-20-9-11-21(12-10-20)25-16-13-24(31-19-25)14-17-26(18-15-24)33(29,30)23-8-5-4-7-22(23)32(2,27)28/h4-5,7-12H,3,6,13-19H2,1-2H3. The average Bonchev–Trinajstić information content (AvgIpc) is 2.80. The van der Waals surface area contributed by atoms with Crippen LogP contribution in [0.2, 0.25) is 0 Å². The number of rotatable bonds is 6. The van der Waals surface area contributed by atoms with Crippen LogP contribution in [0.25, 0.3) is 0 Å². The van der Waals surface area contributed by atoms with Crippen LogP contribution in [0.5, 0.6) is 0 Å². The number of sulfonamides is 1. The summed E-state index contributed by atoms with van der Waals surface area (Å²) < 4.78 is 58.4. The van der Waals surface area contributed by atoms with E-state index in [-0.39, 0.29) is 15.4 Å². The molecule has 2 saturated heterocycles. The van der Waals surface area contributed by atoms with E-state index in [2.05, 4.69) is 36.1 Å². The second-order valence-electron chi connectivity index (χ2n) is 9.01. The minimum absolute atomic E-state index is 0.147. The summed E-state index contributed by atoms with van der Waals surface area (Å²) in [5.41, 5.74) is 2.14. The lowest BCUT2D eigenvalue weighted by Gasteiger charge is -2.46. The molecule has 2 aliphatic rings. The molecule has 0 unspecified atom stereocenters. The highest BCUT2D eigenvalue weighted by molar-refractivity contribution is 7.93. The van der Waals surface area contributed by atoms with E-state index in [1.807, 2.05) is 0 Å². The van der Waals surface area contributed by atoms with E-state index in [9.17, 15) is 16.8 Å². The molecule has 33 heavy (non-hydrogen) atoms. The smallest absolute Gasteiger partial charge is 0.244 e. The van der Waals surface area contributed by atoms with Gasteiger partial charge in [0.15, 0.2) is 9.84 Å². The van der Waals surface area contributed by atoms with Crippen LogP contribution < -0.4 is 4.90 Å². The molecule has 4 rings (SSSR count). The zero-order valence-corrected chi connectivity index (χ0v) is 20.9. The van der Waals surface area contributed by atoms with Crippen LogP contribution in [0.4, 0.5) is 5.69 Å². The van der Waals surface area contributed by atoms with Gasteiger partial charge in [0.05, 0.1) is 10.5 Å². The lowest BCUT2D eigenvalue weighted by atomic mass is 9.87. The molecule has 0 saturated carbocycles. The van der Waals surface area contributed by atoms with E-state index in [0.717, 1.165) is 37.8 Å². The second-order valence-corrected chi connectivity index (χ2v) is 12.9. The summed E-state index contributed by atoms with van der Waals surface area (Å²) in [6, 6.07) is 14.4. The third-order valence-corrected chi connectivity index (χ3v) is 9.95. The Balaban J connectivity index is 1.40. The predicted molar refractivity (Wildman–Crippen MR) is 129 cm³/mol. The number of aryl methyl sites for hydroxylation is 1. The number of hydrogen-bond acceptors (Lipinski definition) is 6. The van der Waals surface area contributed by atoms with E-state index < -0.39 is 19.9 Å². The predicted octanol–water partition coefficient (Wildman–Crippen LogP) is 3.45. The maximum atomic E-state index is 13.2. The molecular weight excluding hydrogens is 460 g/mol. The maximum absolute atomic E-state index is 13.2. The number of benzene rings is 2. The summed E-state index contributed by atoms with van der Waals surface area (Å²) >= 11 is 0. The SMILES string of the molecule is CCCc1ccc(N2CCC3(CCN(S(=O)(=O)c4ccccc4S(C)(=O)=O)CC3)OC2)cc1. The van der Waals surface area contributed by atoms with Crippen LogP contribution in [0.15, 0.2) is 58.3 Å². The van der Waals surface area contributed by atoms with Crippen molar-refractivity contribution < 1.29 is 21.6 Å². The Morgan fingerprint density at radius 3 is 2.03 bits per heavy atom. The molecule has 0 radical (unpaired) electrons. The van der Waals surface area contributed by atoms with Gasteiger partial charge in [0.25, 0.3) is 0 Å². The van der Waals surface area contributed by atoms with Gasteiger partial charge in [-0.3, -0.25) is 0 Å². The van der Waals surface area contributed by atoms with E-state index in [4.69, 9.17) is 4.74 Å². The minimum Gasteiger partial charge on any atom is -0.355 e. The summed E-state index contributed by atoms with van der Waals surface area (Å²) in [4.78, 5) is 1.91. The fourth-order valence-corrected chi connectivity index (χ4v) is 7.74. The van der Waals surface area contributed by atoms with Crippen molar-refractivity contribution >= 4 is 25.5 Å². The van der Waals surface area contributed by atoms with E-state index >= 15 is 0 Å². The summed E-state index contributed by atoms with van der Waals surface area (Å²) in [5.74, 6) is 0. The summed E-state index contributed by atoms with van der Waals surface area (Å²) in [6.07, 6.45) is 5.26. The van der Waals surface area contributed by atoms with Gasteiger partial charge in [0, 0.05) is 31.6 Å². The van der Waals surface area contributed by atoms with Gasteiger partial charge in [-0.25, -0.2) is 16.8 Å². The van der Waals surface area contributed by atoms with E-state index in [1.54, 1.807) is 12.1 Å². The fraction of sp³-hybridized carbons (Fsp3) is 0.500. The van der Waals surface area contributed by atoms with Crippen molar-refractivity contribution in [2.24, 2.45) is 0 Å². The van der Waals surface area contributed by atoms with Gasteiger partial charge in [-0.1, -0.05) is 37.6 Å². The summed E-state index contributed by atoms with van der Waals surface area (Å²) in [7, 11) is -7.56. The first kappa shape index (κ1) is 24.2. The number of nitrogens with zero attached hydrogens (tertiary/aromatic N) is 2. The van der Waals surface area contributed by atoms with Crippen LogP contribution >= 0.6 is 0 Å². The Bertz CT molecular complexity index is 1180. The van der Waals surface area contributed by atoms with Gasteiger partial charge in [-0.2, -0.15) is 4.31 Å². The van der Waals surface area contributed by atoms with Gasteiger partial charge in [-0.05, 0) is 55.5 Å². The largest absolute Gasteiger partial charge is 0.355 e. The molecule has 0 aliphatic carbocycles. The lowest BCUT2D eigenvalue weighted by molar-refractivity contribution is -0.0963. The normalized spacial score (nSPS) is 19.6. The van der Waals surface area contributed by atoms with Crippen LogP contribution in [0.3, 0.4) is 0 Å². The van der Waals surface area contributed by atoms with Gasteiger partial charge in [0.2, 0.25) is 10.0 Å². The minimum atomic E-state index is -3.91. The van der Waals surface area contributed by atoms with E-state index in [0.29, 0.717) is 32.7 Å². The van der Waals surface area contributed by atoms with Crippen LogP contribution in [0, 0.1) is 0 Å². The third-order valence-electron chi connectivity index (χ3n) is 6.70. The lowest BCUT2D eigenvalue weighted by Crippen LogP contribution is -2.53. The van der Waals surface area contributed by atoms with Gasteiger partial charge < -0.3 is 9.64 Å². The van der Waals surface area contributed by atoms with Crippen molar-refractivity contribution in [3.63, 3.8) is 0 Å². The molecule has 1 spiro atoms. The number of ether oxygens (including phenoxy) is 1. The Hall–Kier alpha value is -1.94. The Morgan fingerprint density at radius 2 is 1.48 bits per heavy atom. The monoisotopic (exact) mass is 492 g/mol. The fourth-order valence-electron chi connectivity index (χ4n) is 4.69. The maximum Gasteiger partial charge on any atom is 0.244 e. The zero-order valence-electron chi connectivity index (χ0n) is 19.2. The van der Waals surface area contributed by atoms with Crippen molar-refractivity contribution in [2.45, 2.75) is 54.4 Å². The average molecular weight is 493 g/mol. The number of sulfone groups is 1. The van der Waals surface area contributed by atoms with Crippen molar-refractivity contribution in [3.05, 3.63) is 54.1 Å². The highest BCUT2D eigenvalue weighted by atomic mass is 32.2. The molecule has 0 aromatic heterocycles. The number of piperidine rings is 1. The Morgan fingerprint density at radius 1 is 0.879 bits per heavy atom. The van der Waals surface area contributed by atoms with Crippen molar-refractivity contribution in [2.75, 3.05) is 37.5 Å². The second kappa shape index (κ2) is 9.37. The Kier molecular flexibility index (Phi) is 6.87. The molecule has 2 heterocycles. The van der Waals surface area contributed by atoms with Gasteiger partial charge in [-0.15, -0.1) is 0 Å². The van der Waals surface area contributed by atoms with Crippen molar-refractivity contribution in [1.29, 1.82) is 0 Å². The summed E-state index contributed by atoms with van der Waals surface area (Å²) in [5, 5.41) is 0. The number of hydrogen-bond donors (Lipinski definition) is 0. The molecule has 9 heteroatoms. The molecule has 0 bridgehead atoms. The molecule has 2 aromatic rings. The van der Waals surface area contributed by atoms with Crippen LogP contribution in [0.1, 0.15) is 38.2 Å². The molecule has 0 N–H and O–H groups in total. The highest BCUT2D eigenvalue weighted by Gasteiger charge is 2.42. The van der Waals surface area contributed by atoms with Gasteiger partial charge >= 0.3 is 0 Å². The first-order valence-corrected chi connectivity index (χ1v) is 14.7.